The van der Waals surface area contributed by atoms with Gasteiger partial charge in [0.15, 0.2) is 0 Å². The first-order valence-corrected chi connectivity index (χ1v) is 14.2. The molecule has 1 fully saturated rings. The van der Waals surface area contributed by atoms with E-state index in [1.807, 2.05) is 13.1 Å². The van der Waals surface area contributed by atoms with Crippen molar-refractivity contribution in [1.82, 2.24) is 0 Å². The highest BCUT2D eigenvalue weighted by Crippen LogP contribution is 2.34. The third-order valence-electron chi connectivity index (χ3n) is 7.85. The Bertz CT molecular complexity index is 950. The molecule has 0 aromatic heterocycles. The van der Waals surface area contributed by atoms with Gasteiger partial charge in [0.1, 0.15) is 0 Å². The van der Waals surface area contributed by atoms with Crippen molar-refractivity contribution in [3.05, 3.63) is 76.5 Å². The third kappa shape index (κ3) is 8.09. The van der Waals surface area contributed by atoms with Crippen molar-refractivity contribution in [2.45, 2.75) is 111 Å². The minimum absolute atomic E-state index is 0.270. The smallest absolute Gasteiger partial charge is 0.0437 e. The molecule has 0 heterocycles. The van der Waals surface area contributed by atoms with E-state index in [1.54, 1.807) is 0 Å². The highest BCUT2D eigenvalue weighted by molar-refractivity contribution is 5.56. The highest BCUT2D eigenvalue weighted by atomic mass is 14.9. The first kappa shape index (κ1) is 27.2. The molecule has 1 N–H and O–H groups in total. The molecule has 1 saturated carbocycles. The summed E-state index contributed by atoms with van der Waals surface area (Å²) in [6, 6.07) is 16.5. The number of rotatable bonds is 14. The fourth-order valence-electron chi connectivity index (χ4n) is 5.32. The summed E-state index contributed by atoms with van der Waals surface area (Å²) >= 11 is 0. The Labute approximate surface area is 215 Å². The summed E-state index contributed by atoms with van der Waals surface area (Å²) < 4.78 is 0. The Morgan fingerprint density at radius 3 is 2.43 bits per heavy atom. The van der Waals surface area contributed by atoms with Crippen molar-refractivity contribution < 1.29 is 0 Å². The van der Waals surface area contributed by atoms with Crippen LogP contribution in [0.1, 0.15) is 107 Å². The second kappa shape index (κ2) is 14.3. The molecule has 2 nitrogen and oxygen atoms in total. The lowest BCUT2D eigenvalue weighted by Gasteiger charge is -2.28. The van der Waals surface area contributed by atoms with Crippen LogP contribution in [0, 0.1) is 19.8 Å². The monoisotopic (exact) mass is 472 g/mol. The van der Waals surface area contributed by atoms with E-state index >= 15 is 0 Å². The molecule has 0 saturated heterocycles. The molecule has 2 aromatic carbocycles. The topological polar surface area (TPSA) is 24.4 Å². The Morgan fingerprint density at radius 1 is 1.03 bits per heavy atom. The van der Waals surface area contributed by atoms with Crippen LogP contribution in [-0.2, 0) is 6.42 Å². The van der Waals surface area contributed by atoms with Gasteiger partial charge in [-0.05, 0) is 93.2 Å². The van der Waals surface area contributed by atoms with Crippen molar-refractivity contribution in [2.75, 3.05) is 5.32 Å². The number of benzene rings is 2. The van der Waals surface area contributed by atoms with Crippen LogP contribution >= 0.6 is 0 Å². The number of hydrogen-bond acceptors (Lipinski definition) is 2. The maximum absolute atomic E-state index is 4.85. The number of aliphatic imine (C=N–C) groups is 1. The van der Waals surface area contributed by atoms with E-state index in [0.717, 1.165) is 25.2 Å². The van der Waals surface area contributed by atoms with Gasteiger partial charge in [-0.3, -0.25) is 4.99 Å². The molecule has 1 aliphatic carbocycles. The zero-order chi connectivity index (χ0) is 25.0. The summed E-state index contributed by atoms with van der Waals surface area (Å²) in [6.07, 6.45) is 17.0. The number of anilines is 1. The van der Waals surface area contributed by atoms with E-state index in [4.69, 9.17) is 4.99 Å². The minimum Gasteiger partial charge on any atom is -0.382 e. The molecule has 0 amide bonds. The molecule has 2 atom stereocenters. The Balaban J connectivity index is 1.77. The van der Waals surface area contributed by atoms with E-state index in [2.05, 4.69) is 81.6 Å². The van der Waals surface area contributed by atoms with Gasteiger partial charge in [0.05, 0.1) is 0 Å². The van der Waals surface area contributed by atoms with Crippen LogP contribution in [0.25, 0.3) is 0 Å². The lowest BCUT2D eigenvalue weighted by atomic mass is 9.81. The van der Waals surface area contributed by atoms with E-state index in [-0.39, 0.29) is 5.92 Å². The molecule has 2 heteroatoms. The summed E-state index contributed by atoms with van der Waals surface area (Å²) in [5, 5.41) is 3.85. The Hall–Kier alpha value is -2.35. The summed E-state index contributed by atoms with van der Waals surface area (Å²) in [4.78, 5) is 4.85. The second-order valence-electron chi connectivity index (χ2n) is 10.6. The lowest BCUT2D eigenvalue weighted by molar-refractivity contribution is 0.282. The minimum atomic E-state index is 0.270. The largest absolute Gasteiger partial charge is 0.382 e. The maximum atomic E-state index is 4.85. The molecule has 0 aliphatic heterocycles. The number of nitrogens with zero attached hydrogens (tertiary/aromatic N) is 1. The van der Waals surface area contributed by atoms with Crippen molar-refractivity contribution >= 4 is 11.9 Å². The summed E-state index contributed by atoms with van der Waals surface area (Å²) in [5.41, 5.74) is 7.97. The molecule has 0 radical (unpaired) electrons. The van der Waals surface area contributed by atoms with E-state index in [9.17, 15) is 0 Å². The zero-order valence-electron chi connectivity index (χ0n) is 22.9. The van der Waals surface area contributed by atoms with E-state index < -0.39 is 0 Å². The lowest BCUT2D eigenvalue weighted by Crippen LogP contribution is -2.22. The molecule has 35 heavy (non-hydrogen) atoms. The molecular formula is C33H48N2. The maximum Gasteiger partial charge on any atom is 0.0437 e. The number of aryl methyl sites for hydroxylation is 1. The molecule has 190 valence electrons. The number of unbranched alkanes of at least 4 members (excludes halogenated alkanes) is 1. The average molecular weight is 473 g/mol. The quantitative estimate of drug-likeness (QED) is 0.272. The molecule has 2 unspecified atom stereocenters. The van der Waals surface area contributed by atoms with Crippen LogP contribution in [0.15, 0.2) is 59.2 Å². The summed E-state index contributed by atoms with van der Waals surface area (Å²) in [6.45, 7) is 11.0. The first-order chi connectivity index (χ1) is 17.0. The Morgan fingerprint density at radius 2 is 1.80 bits per heavy atom. The van der Waals surface area contributed by atoms with Gasteiger partial charge >= 0.3 is 0 Å². The standard InChI is InChI=1S/C33H48N2/c1-6-9-17-33(34-8-3)32(31-16-10-13-25(4)26(31)5)24-28-19-22-30(23-20-28)35-29(12-7-2)21-18-27-14-11-15-27/h8,10,13,16-17,19-20,22-23,27,29,32,35H,6-7,9,11-12,14-15,18,21,24H2,1-5H3/b33-17-,34-8?. The van der Waals surface area contributed by atoms with Crippen molar-refractivity contribution in [3.63, 3.8) is 0 Å². The normalized spacial score (nSPS) is 16.3. The zero-order valence-corrected chi connectivity index (χ0v) is 22.9. The van der Waals surface area contributed by atoms with Crippen LogP contribution in [-0.4, -0.2) is 12.3 Å². The molecule has 2 aromatic rings. The molecule has 0 spiro atoms. The molecular weight excluding hydrogens is 424 g/mol. The summed E-state index contributed by atoms with van der Waals surface area (Å²) in [5.74, 6) is 1.26. The van der Waals surface area contributed by atoms with Crippen molar-refractivity contribution in [1.29, 1.82) is 0 Å². The van der Waals surface area contributed by atoms with Gasteiger partial charge in [-0.2, -0.15) is 0 Å². The molecule has 0 bridgehead atoms. The van der Waals surface area contributed by atoms with Crippen molar-refractivity contribution in [2.24, 2.45) is 10.9 Å². The number of allylic oxidation sites excluding steroid dienone is 2. The first-order valence-electron chi connectivity index (χ1n) is 14.2. The second-order valence-corrected chi connectivity index (χ2v) is 10.6. The number of nitrogens with one attached hydrogen (secondary N) is 1. The highest BCUT2D eigenvalue weighted by Gasteiger charge is 2.21. The summed E-state index contributed by atoms with van der Waals surface area (Å²) in [7, 11) is 0. The molecule has 3 rings (SSSR count). The third-order valence-corrected chi connectivity index (χ3v) is 7.85. The van der Waals surface area contributed by atoms with Crippen LogP contribution in [0.3, 0.4) is 0 Å². The van der Waals surface area contributed by atoms with Gasteiger partial charge in [0.2, 0.25) is 0 Å². The van der Waals surface area contributed by atoms with Gasteiger partial charge in [0.25, 0.3) is 0 Å². The SMILES string of the molecule is CC=N/C(=C\CCC)C(Cc1ccc(NC(CCC)CCC2CCC2)cc1)c1cccc(C)c1C. The Kier molecular flexibility index (Phi) is 11.1. The average Bonchev–Trinajstić information content (AvgIpc) is 2.82. The van der Waals surface area contributed by atoms with Crippen LogP contribution in [0.4, 0.5) is 5.69 Å². The molecule has 1 aliphatic rings. The van der Waals surface area contributed by atoms with Crippen LogP contribution < -0.4 is 5.32 Å². The van der Waals surface area contributed by atoms with Crippen LogP contribution in [0.2, 0.25) is 0 Å². The predicted octanol–water partition coefficient (Wildman–Crippen LogP) is 9.57. The fourth-order valence-corrected chi connectivity index (χ4v) is 5.32. The van der Waals surface area contributed by atoms with Gasteiger partial charge < -0.3 is 5.32 Å². The predicted molar refractivity (Wildman–Crippen MR) is 155 cm³/mol. The van der Waals surface area contributed by atoms with Gasteiger partial charge in [-0.25, -0.2) is 0 Å². The number of hydrogen-bond donors (Lipinski definition) is 1. The van der Waals surface area contributed by atoms with Gasteiger partial charge in [-0.15, -0.1) is 0 Å². The van der Waals surface area contributed by atoms with Crippen molar-refractivity contribution in [3.8, 4) is 0 Å². The van der Waals surface area contributed by atoms with Gasteiger partial charge in [0, 0.05) is 29.6 Å². The van der Waals surface area contributed by atoms with E-state index in [0.29, 0.717) is 6.04 Å². The van der Waals surface area contributed by atoms with Gasteiger partial charge in [-0.1, -0.05) is 82.4 Å². The fraction of sp³-hybridized carbons (Fsp3) is 0.545. The van der Waals surface area contributed by atoms with E-state index in [1.165, 1.54) is 78.6 Å². The van der Waals surface area contributed by atoms with Crippen LogP contribution in [0.5, 0.6) is 0 Å².